The number of carbonyl (C=O) groups excluding carboxylic acids is 1. The third-order valence-corrected chi connectivity index (χ3v) is 5.25. The lowest BCUT2D eigenvalue weighted by atomic mass is 10.1. The van der Waals surface area contributed by atoms with Gasteiger partial charge in [-0.2, -0.15) is 0 Å². The largest absolute Gasteiger partial charge is 0.305 e. The number of allylic oxidation sites excluding steroid dienone is 1. The molecule has 2 aromatic carbocycles. The molecule has 1 heterocycles. The lowest BCUT2D eigenvalue weighted by molar-refractivity contribution is -0.119. The second-order valence-electron chi connectivity index (χ2n) is 5.90. The fourth-order valence-corrected chi connectivity index (χ4v) is 3.36. The van der Waals surface area contributed by atoms with Gasteiger partial charge in [-0.1, -0.05) is 59.8 Å². The molecule has 0 unspecified atom stereocenters. The van der Waals surface area contributed by atoms with Gasteiger partial charge in [-0.25, -0.2) is 0 Å². The summed E-state index contributed by atoms with van der Waals surface area (Å²) in [7, 11) is 1.87. The molecular formula is C20H20ClN5OS. The Morgan fingerprint density at radius 1 is 1.11 bits per heavy atom. The van der Waals surface area contributed by atoms with Gasteiger partial charge in [-0.05, 0) is 36.8 Å². The van der Waals surface area contributed by atoms with Crippen LogP contribution in [-0.4, -0.2) is 26.4 Å². The number of rotatable bonds is 7. The van der Waals surface area contributed by atoms with Crippen molar-refractivity contribution in [3.05, 3.63) is 71.3 Å². The molecule has 0 spiro atoms. The quantitative estimate of drug-likeness (QED) is 0.454. The number of halogens is 1. The van der Waals surface area contributed by atoms with E-state index in [0.29, 0.717) is 10.2 Å². The summed E-state index contributed by atoms with van der Waals surface area (Å²) >= 11 is 7.25. The van der Waals surface area contributed by atoms with E-state index >= 15 is 0 Å². The second-order valence-corrected chi connectivity index (χ2v) is 7.28. The first-order valence-electron chi connectivity index (χ1n) is 8.63. The van der Waals surface area contributed by atoms with Gasteiger partial charge in [0, 0.05) is 17.6 Å². The van der Waals surface area contributed by atoms with Crippen molar-refractivity contribution < 1.29 is 4.79 Å². The summed E-state index contributed by atoms with van der Waals surface area (Å²) in [5.41, 5.74) is 8.43. The van der Waals surface area contributed by atoms with Crippen LogP contribution >= 0.6 is 23.4 Å². The number of hydrogen-bond acceptors (Lipinski definition) is 5. The van der Waals surface area contributed by atoms with Crippen LogP contribution in [0.5, 0.6) is 0 Å². The van der Waals surface area contributed by atoms with Crippen LogP contribution in [0.25, 0.3) is 17.1 Å². The molecular weight excluding hydrogens is 394 g/mol. The molecule has 0 saturated carbocycles. The van der Waals surface area contributed by atoms with E-state index in [4.69, 9.17) is 11.6 Å². The van der Waals surface area contributed by atoms with Crippen molar-refractivity contribution in [3.8, 4) is 11.4 Å². The Morgan fingerprint density at radius 2 is 1.82 bits per heavy atom. The van der Waals surface area contributed by atoms with Gasteiger partial charge in [0.1, 0.15) is 0 Å². The van der Waals surface area contributed by atoms with Crippen LogP contribution in [0.3, 0.4) is 0 Å². The van der Waals surface area contributed by atoms with E-state index in [9.17, 15) is 4.79 Å². The predicted octanol–water partition coefficient (Wildman–Crippen LogP) is 3.91. The Balaban J connectivity index is 1.56. The number of amides is 1. The fraction of sp³-hybridized carbons (Fsp3) is 0.150. The van der Waals surface area contributed by atoms with E-state index in [0.717, 1.165) is 22.6 Å². The van der Waals surface area contributed by atoms with Crippen molar-refractivity contribution in [2.24, 2.45) is 7.05 Å². The third kappa shape index (κ3) is 4.94. The summed E-state index contributed by atoms with van der Waals surface area (Å²) < 4.78 is 1.86. The highest BCUT2D eigenvalue weighted by Crippen LogP contribution is 2.23. The molecule has 6 nitrogen and oxygen atoms in total. The van der Waals surface area contributed by atoms with Crippen molar-refractivity contribution in [2.45, 2.75) is 12.1 Å². The van der Waals surface area contributed by atoms with Gasteiger partial charge in [0.05, 0.1) is 11.4 Å². The minimum atomic E-state index is -0.156. The van der Waals surface area contributed by atoms with Crippen LogP contribution < -0.4 is 10.9 Å². The van der Waals surface area contributed by atoms with E-state index in [1.807, 2.05) is 79.2 Å². The number of hydrogen-bond donors (Lipinski definition) is 2. The van der Waals surface area contributed by atoms with Gasteiger partial charge in [0.25, 0.3) is 0 Å². The molecule has 0 aliphatic carbocycles. The zero-order chi connectivity index (χ0) is 19.9. The lowest BCUT2D eigenvalue weighted by Crippen LogP contribution is -2.37. The van der Waals surface area contributed by atoms with E-state index in [-0.39, 0.29) is 11.7 Å². The summed E-state index contributed by atoms with van der Waals surface area (Å²) in [4.78, 5) is 12.2. The normalized spacial score (nSPS) is 11.3. The number of hydrazine groups is 1. The molecule has 1 amide bonds. The monoisotopic (exact) mass is 413 g/mol. The highest BCUT2D eigenvalue weighted by Gasteiger charge is 2.13. The molecule has 3 rings (SSSR count). The number of carbonyl (C=O) groups is 1. The molecule has 0 fully saturated rings. The SMILES string of the molecule is C/C=C(\NNC(=O)CSc1nnc(-c2ccc(Cl)cc2)n1C)c1ccccc1. The van der Waals surface area contributed by atoms with Crippen LogP contribution in [0.4, 0.5) is 0 Å². The van der Waals surface area contributed by atoms with Gasteiger partial charge < -0.3 is 4.57 Å². The molecule has 0 aliphatic heterocycles. The van der Waals surface area contributed by atoms with Gasteiger partial charge in [0.2, 0.25) is 5.91 Å². The second kappa shape index (κ2) is 9.43. The van der Waals surface area contributed by atoms with Crippen LogP contribution in [0.1, 0.15) is 12.5 Å². The molecule has 8 heteroatoms. The van der Waals surface area contributed by atoms with Crippen molar-refractivity contribution in [2.75, 3.05) is 5.75 Å². The van der Waals surface area contributed by atoms with Crippen LogP contribution in [0.15, 0.2) is 65.8 Å². The molecule has 2 N–H and O–H groups in total. The maximum Gasteiger partial charge on any atom is 0.248 e. The summed E-state index contributed by atoms with van der Waals surface area (Å²) in [5.74, 6) is 0.778. The minimum absolute atomic E-state index is 0.156. The van der Waals surface area contributed by atoms with Crippen molar-refractivity contribution >= 4 is 35.0 Å². The Labute approximate surface area is 173 Å². The Kier molecular flexibility index (Phi) is 6.73. The van der Waals surface area contributed by atoms with Gasteiger partial charge in [-0.3, -0.25) is 15.6 Å². The zero-order valence-electron chi connectivity index (χ0n) is 15.5. The molecule has 0 bridgehead atoms. The van der Waals surface area contributed by atoms with Crippen LogP contribution in [-0.2, 0) is 11.8 Å². The predicted molar refractivity (Wildman–Crippen MR) is 114 cm³/mol. The number of nitrogens with zero attached hydrogens (tertiary/aromatic N) is 3. The summed E-state index contributed by atoms with van der Waals surface area (Å²) in [6.45, 7) is 1.91. The average Bonchev–Trinajstić information content (AvgIpc) is 3.09. The van der Waals surface area contributed by atoms with Crippen LogP contribution in [0.2, 0.25) is 5.02 Å². The number of thioether (sulfide) groups is 1. The summed E-state index contributed by atoms with van der Waals surface area (Å²) in [6.07, 6.45) is 1.91. The minimum Gasteiger partial charge on any atom is -0.305 e. The fourth-order valence-electron chi connectivity index (χ4n) is 2.52. The molecule has 1 aromatic heterocycles. The topological polar surface area (TPSA) is 71.8 Å². The Bertz CT molecular complexity index is 970. The average molecular weight is 414 g/mol. The number of aromatic nitrogens is 3. The van der Waals surface area contributed by atoms with Crippen molar-refractivity contribution in [1.29, 1.82) is 0 Å². The highest BCUT2D eigenvalue weighted by molar-refractivity contribution is 7.99. The van der Waals surface area contributed by atoms with Crippen molar-refractivity contribution in [1.82, 2.24) is 25.6 Å². The summed E-state index contributed by atoms with van der Waals surface area (Å²) in [6, 6.07) is 17.2. The van der Waals surface area contributed by atoms with Crippen molar-refractivity contribution in [3.63, 3.8) is 0 Å². The van der Waals surface area contributed by atoms with E-state index in [2.05, 4.69) is 21.0 Å². The molecule has 144 valence electrons. The summed E-state index contributed by atoms with van der Waals surface area (Å²) in [5, 5.41) is 9.72. The maximum absolute atomic E-state index is 12.2. The Morgan fingerprint density at radius 3 is 2.50 bits per heavy atom. The number of benzene rings is 2. The van der Waals surface area contributed by atoms with Gasteiger partial charge >= 0.3 is 0 Å². The van der Waals surface area contributed by atoms with Crippen LogP contribution in [0, 0.1) is 0 Å². The first-order valence-corrected chi connectivity index (χ1v) is 9.99. The first kappa shape index (κ1) is 20.0. The molecule has 28 heavy (non-hydrogen) atoms. The zero-order valence-corrected chi connectivity index (χ0v) is 17.1. The maximum atomic E-state index is 12.2. The lowest BCUT2D eigenvalue weighted by Gasteiger charge is -2.12. The molecule has 0 aliphatic rings. The highest BCUT2D eigenvalue weighted by atomic mass is 35.5. The van der Waals surface area contributed by atoms with E-state index in [1.165, 1.54) is 11.8 Å². The molecule has 3 aromatic rings. The standard InChI is InChI=1S/C20H20ClN5OS/c1-3-17(14-7-5-4-6-8-14)22-23-18(27)13-28-20-25-24-19(26(20)2)15-9-11-16(21)12-10-15/h3-12,22H,13H2,1-2H3,(H,23,27)/b17-3-. The third-order valence-electron chi connectivity index (χ3n) is 3.98. The molecule has 0 radical (unpaired) electrons. The Hall–Kier alpha value is -2.77. The molecule has 0 saturated heterocycles. The van der Waals surface area contributed by atoms with Gasteiger partial charge in [-0.15, -0.1) is 10.2 Å². The number of nitrogens with one attached hydrogen (secondary N) is 2. The van der Waals surface area contributed by atoms with E-state index in [1.54, 1.807) is 0 Å². The van der Waals surface area contributed by atoms with Gasteiger partial charge in [0.15, 0.2) is 11.0 Å². The van der Waals surface area contributed by atoms with E-state index < -0.39 is 0 Å². The first-order chi connectivity index (χ1) is 13.6. The smallest absolute Gasteiger partial charge is 0.248 e. The molecule has 0 atom stereocenters.